The first-order valence-corrected chi connectivity index (χ1v) is 9.31. The summed E-state index contributed by atoms with van der Waals surface area (Å²) in [4.78, 5) is 17.2. The number of amides is 2. The van der Waals surface area contributed by atoms with E-state index in [-0.39, 0.29) is 12.1 Å². The van der Waals surface area contributed by atoms with Gasteiger partial charge >= 0.3 is 6.03 Å². The summed E-state index contributed by atoms with van der Waals surface area (Å²) in [5, 5.41) is 4.03. The van der Waals surface area contributed by atoms with Gasteiger partial charge in [0.2, 0.25) is 0 Å². The molecule has 2 bridgehead atoms. The van der Waals surface area contributed by atoms with Crippen LogP contribution in [0, 0.1) is 17.8 Å². The van der Waals surface area contributed by atoms with Crippen LogP contribution >= 0.6 is 11.3 Å². The van der Waals surface area contributed by atoms with Crippen LogP contribution in [-0.4, -0.2) is 54.5 Å². The largest absolute Gasteiger partial charge is 0.333 e. The van der Waals surface area contributed by atoms with Crippen LogP contribution in [0.25, 0.3) is 12.3 Å². The molecule has 0 unspecified atom stereocenters. The lowest BCUT2D eigenvalue weighted by molar-refractivity contribution is 0.0750. The van der Waals surface area contributed by atoms with Crippen LogP contribution in [0.5, 0.6) is 0 Å². The van der Waals surface area contributed by atoms with E-state index in [4.69, 9.17) is 0 Å². The SMILES string of the molecule is O=C(N[C@H]1CN2CCC1CC2)N1C=c2cc(C#CC(F)F)sc2=CC1. The fourth-order valence-electron chi connectivity index (χ4n) is 3.78. The molecular formula is C18H19F2N3OS. The van der Waals surface area contributed by atoms with Crippen molar-refractivity contribution in [3.05, 3.63) is 20.7 Å². The Morgan fingerprint density at radius 1 is 1.36 bits per heavy atom. The predicted octanol–water partition coefficient (Wildman–Crippen LogP) is 1.00. The molecule has 5 rings (SSSR count). The number of alkyl halides is 2. The number of rotatable bonds is 1. The fraction of sp³-hybridized carbons (Fsp3) is 0.500. The van der Waals surface area contributed by atoms with Crippen LogP contribution in [0.4, 0.5) is 13.6 Å². The molecule has 0 radical (unpaired) electrons. The Bertz CT molecular complexity index is 846. The highest BCUT2D eigenvalue weighted by atomic mass is 32.1. The molecule has 3 fully saturated rings. The predicted molar refractivity (Wildman–Crippen MR) is 93.6 cm³/mol. The molecule has 7 heteroatoms. The number of fused-ring (bicyclic) bond motifs is 4. The number of thiophene rings is 1. The first-order valence-electron chi connectivity index (χ1n) is 8.49. The molecule has 0 saturated carbocycles. The van der Waals surface area contributed by atoms with Gasteiger partial charge in [0, 0.05) is 35.1 Å². The van der Waals surface area contributed by atoms with Gasteiger partial charge in [-0.25, -0.2) is 4.79 Å². The molecule has 4 aliphatic rings. The van der Waals surface area contributed by atoms with E-state index in [1.807, 2.05) is 12.0 Å². The summed E-state index contributed by atoms with van der Waals surface area (Å²) in [6.45, 7) is 3.70. The van der Waals surface area contributed by atoms with E-state index >= 15 is 0 Å². The number of halogens is 2. The van der Waals surface area contributed by atoms with Crippen molar-refractivity contribution in [2.24, 2.45) is 5.92 Å². The molecule has 4 aliphatic heterocycles. The molecule has 0 aliphatic carbocycles. The Balaban J connectivity index is 1.47. The van der Waals surface area contributed by atoms with Gasteiger partial charge in [0.15, 0.2) is 0 Å². The second kappa shape index (κ2) is 6.77. The van der Waals surface area contributed by atoms with E-state index < -0.39 is 6.43 Å². The number of hydrogen-bond donors (Lipinski definition) is 1. The van der Waals surface area contributed by atoms with Crippen LogP contribution in [0.1, 0.15) is 17.7 Å². The molecule has 3 saturated heterocycles. The topological polar surface area (TPSA) is 35.6 Å². The minimum atomic E-state index is -2.63. The zero-order valence-electron chi connectivity index (χ0n) is 13.7. The molecule has 5 heterocycles. The van der Waals surface area contributed by atoms with E-state index in [1.54, 1.807) is 17.2 Å². The van der Waals surface area contributed by atoms with Gasteiger partial charge in [0.1, 0.15) is 0 Å². The molecule has 4 nitrogen and oxygen atoms in total. The van der Waals surface area contributed by atoms with Crippen LogP contribution < -0.4 is 15.1 Å². The zero-order chi connectivity index (χ0) is 17.4. The lowest BCUT2D eigenvalue weighted by Crippen LogP contribution is -2.59. The molecule has 1 aromatic heterocycles. The lowest BCUT2D eigenvalue weighted by Gasteiger charge is -2.45. The third-order valence-electron chi connectivity index (χ3n) is 5.09. The van der Waals surface area contributed by atoms with Gasteiger partial charge in [-0.05, 0) is 49.9 Å². The summed E-state index contributed by atoms with van der Waals surface area (Å²) in [5.41, 5.74) is 0. The summed E-state index contributed by atoms with van der Waals surface area (Å²) < 4.78 is 25.4. The third-order valence-corrected chi connectivity index (χ3v) is 6.15. The summed E-state index contributed by atoms with van der Waals surface area (Å²) >= 11 is 1.38. The molecule has 1 atom stereocenters. The third kappa shape index (κ3) is 3.55. The quantitative estimate of drug-likeness (QED) is 0.756. The fourth-order valence-corrected chi connectivity index (χ4v) is 4.70. The van der Waals surface area contributed by atoms with Gasteiger partial charge in [-0.2, -0.15) is 8.78 Å². The minimum absolute atomic E-state index is 0.0907. The second-order valence-corrected chi connectivity index (χ2v) is 7.76. The smallest absolute Gasteiger partial charge is 0.321 e. The van der Waals surface area contributed by atoms with Crippen molar-refractivity contribution >= 4 is 29.6 Å². The number of carbonyl (C=O) groups is 1. The van der Waals surface area contributed by atoms with E-state index in [0.717, 1.165) is 42.2 Å². The van der Waals surface area contributed by atoms with E-state index in [9.17, 15) is 13.6 Å². The van der Waals surface area contributed by atoms with Crippen LogP contribution in [0.2, 0.25) is 0 Å². The van der Waals surface area contributed by atoms with Gasteiger partial charge in [-0.3, -0.25) is 4.90 Å². The van der Waals surface area contributed by atoms with E-state index in [0.29, 0.717) is 17.3 Å². The Labute approximate surface area is 148 Å². The van der Waals surface area contributed by atoms with Crippen molar-refractivity contribution in [2.75, 3.05) is 26.2 Å². The molecule has 0 spiro atoms. The van der Waals surface area contributed by atoms with Gasteiger partial charge in [0.05, 0.1) is 4.88 Å². The molecule has 1 aromatic rings. The maximum atomic E-state index is 12.6. The summed E-state index contributed by atoms with van der Waals surface area (Å²) in [6, 6.07) is 1.89. The van der Waals surface area contributed by atoms with Gasteiger partial charge in [0.25, 0.3) is 6.43 Å². The van der Waals surface area contributed by atoms with Crippen molar-refractivity contribution in [1.29, 1.82) is 0 Å². The van der Waals surface area contributed by atoms with E-state index in [2.05, 4.69) is 16.1 Å². The molecule has 1 N–H and O–H groups in total. The zero-order valence-corrected chi connectivity index (χ0v) is 14.5. The maximum Gasteiger partial charge on any atom is 0.321 e. The molecule has 2 amide bonds. The first-order chi connectivity index (χ1) is 12.1. The Hall–Kier alpha value is -1.91. The second-order valence-electron chi connectivity index (χ2n) is 6.68. The average Bonchev–Trinajstić information content (AvgIpc) is 3.03. The van der Waals surface area contributed by atoms with Crippen LogP contribution in [0.15, 0.2) is 6.07 Å². The normalized spacial score (nSPS) is 27.0. The lowest BCUT2D eigenvalue weighted by atomic mass is 9.84. The Morgan fingerprint density at radius 3 is 2.84 bits per heavy atom. The van der Waals surface area contributed by atoms with Gasteiger partial charge in [-0.15, -0.1) is 11.3 Å². The first kappa shape index (κ1) is 16.6. The number of nitrogens with one attached hydrogen (secondary N) is 1. The van der Waals surface area contributed by atoms with Crippen molar-refractivity contribution in [2.45, 2.75) is 25.3 Å². The van der Waals surface area contributed by atoms with Crippen molar-refractivity contribution < 1.29 is 13.6 Å². The van der Waals surface area contributed by atoms with Gasteiger partial charge in [-0.1, -0.05) is 5.92 Å². The standard InChI is InChI=1S/C18H19F2N3OS/c19-17(20)2-1-14-9-13-10-23(8-5-16(13)25-14)18(24)21-15-11-22-6-3-12(15)4-7-22/h5,9-10,12,15,17H,3-4,6-8,11H2,(H,21,24)/t15-/m0/s1. The molecule has 0 aromatic carbocycles. The van der Waals surface area contributed by atoms with Crippen molar-refractivity contribution in [3.63, 3.8) is 0 Å². The maximum absolute atomic E-state index is 12.6. The Morgan fingerprint density at radius 2 is 2.16 bits per heavy atom. The number of urea groups is 1. The monoisotopic (exact) mass is 363 g/mol. The van der Waals surface area contributed by atoms with Crippen molar-refractivity contribution in [3.8, 4) is 11.8 Å². The average molecular weight is 363 g/mol. The molecular weight excluding hydrogens is 344 g/mol. The number of hydrogen-bond acceptors (Lipinski definition) is 3. The number of piperidine rings is 3. The van der Waals surface area contributed by atoms with Gasteiger partial charge < -0.3 is 10.2 Å². The summed E-state index contributed by atoms with van der Waals surface area (Å²) in [7, 11) is 0. The number of nitrogens with zero attached hydrogens (tertiary/aromatic N) is 2. The minimum Gasteiger partial charge on any atom is -0.333 e. The molecule has 132 valence electrons. The highest BCUT2D eigenvalue weighted by Crippen LogP contribution is 2.27. The highest BCUT2D eigenvalue weighted by molar-refractivity contribution is 7.10. The van der Waals surface area contributed by atoms with Crippen LogP contribution in [-0.2, 0) is 0 Å². The van der Waals surface area contributed by atoms with Crippen LogP contribution in [0.3, 0.4) is 0 Å². The number of carbonyl (C=O) groups excluding carboxylic acids is 1. The molecule has 25 heavy (non-hydrogen) atoms. The van der Waals surface area contributed by atoms with E-state index in [1.165, 1.54) is 11.3 Å². The summed E-state index contributed by atoms with van der Waals surface area (Å²) in [6.07, 6.45) is 3.42. The van der Waals surface area contributed by atoms with Crippen molar-refractivity contribution in [1.82, 2.24) is 15.1 Å². The summed E-state index contributed by atoms with van der Waals surface area (Å²) in [5.74, 6) is 4.94. The highest BCUT2D eigenvalue weighted by Gasteiger charge is 2.35. The Kier molecular flexibility index (Phi) is 4.48.